The van der Waals surface area contributed by atoms with Gasteiger partial charge in [0.1, 0.15) is 0 Å². The van der Waals surface area contributed by atoms with E-state index >= 15 is 0 Å². The minimum atomic E-state index is -3.80. The molecule has 0 saturated heterocycles. The summed E-state index contributed by atoms with van der Waals surface area (Å²) in [7, 11) is -3.80. The van der Waals surface area contributed by atoms with Crippen LogP contribution in [-0.2, 0) is 10.0 Å². The van der Waals surface area contributed by atoms with Crippen molar-refractivity contribution in [1.29, 1.82) is 0 Å². The number of thioether (sulfide) groups is 1. The molecule has 0 unspecified atom stereocenters. The summed E-state index contributed by atoms with van der Waals surface area (Å²) in [6.45, 7) is 0.379. The van der Waals surface area contributed by atoms with Crippen molar-refractivity contribution in [3.8, 4) is 0 Å². The van der Waals surface area contributed by atoms with Gasteiger partial charge in [0.2, 0.25) is 0 Å². The molecule has 0 atom stereocenters. The number of hydrogen-bond acceptors (Lipinski definition) is 4. The molecule has 120 valence electrons. The van der Waals surface area contributed by atoms with Crippen LogP contribution in [0.2, 0.25) is 0 Å². The van der Waals surface area contributed by atoms with Crippen LogP contribution >= 0.6 is 11.8 Å². The first kappa shape index (κ1) is 15.9. The van der Waals surface area contributed by atoms with Gasteiger partial charge in [0, 0.05) is 11.4 Å². The Bertz CT molecular complexity index is 849. The number of rotatable bonds is 3. The quantitative estimate of drug-likeness (QED) is 0.922. The highest BCUT2D eigenvalue weighted by atomic mass is 32.2. The number of para-hydroxylation sites is 1. The molecule has 2 aromatic carbocycles. The lowest BCUT2D eigenvalue weighted by Crippen LogP contribution is -2.32. The fourth-order valence-electron chi connectivity index (χ4n) is 2.46. The SMILES string of the molecule is O=C(O)c1cccc(S(=O)(=O)N2CCCSc3ccccc32)c1. The summed E-state index contributed by atoms with van der Waals surface area (Å²) < 4.78 is 27.4. The number of nitrogens with zero attached hydrogens (tertiary/aromatic N) is 1. The summed E-state index contributed by atoms with van der Waals surface area (Å²) in [6, 6.07) is 12.9. The Labute approximate surface area is 139 Å². The number of carboxylic acid groups (broad SMARTS) is 1. The number of aromatic carboxylic acids is 1. The van der Waals surface area contributed by atoms with Gasteiger partial charge < -0.3 is 5.11 Å². The van der Waals surface area contributed by atoms with Crippen molar-refractivity contribution in [2.24, 2.45) is 0 Å². The van der Waals surface area contributed by atoms with Crippen molar-refractivity contribution < 1.29 is 18.3 Å². The van der Waals surface area contributed by atoms with Gasteiger partial charge in [0.15, 0.2) is 0 Å². The molecule has 3 rings (SSSR count). The van der Waals surface area contributed by atoms with Crippen LogP contribution in [-0.4, -0.2) is 31.8 Å². The summed E-state index contributed by atoms with van der Waals surface area (Å²) in [5, 5.41) is 9.08. The van der Waals surface area contributed by atoms with E-state index in [0.29, 0.717) is 12.2 Å². The highest BCUT2D eigenvalue weighted by Gasteiger charge is 2.28. The lowest BCUT2D eigenvalue weighted by molar-refractivity contribution is 0.0696. The lowest BCUT2D eigenvalue weighted by atomic mass is 10.2. The average Bonchev–Trinajstić information content (AvgIpc) is 2.77. The lowest BCUT2D eigenvalue weighted by Gasteiger charge is -2.24. The average molecular weight is 349 g/mol. The third-order valence-electron chi connectivity index (χ3n) is 3.57. The molecular formula is C16H15NO4S2. The molecule has 1 heterocycles. The summed E-state index contributed by atoms with van der Waals surface area (Å²) in [5.74, 6) is -0.299. The van der Waals surface area contributed by atoms with Crippen molar-refractivity contribution in [2.45, 2.75) is 16.2 Å². The topological polar surface area (TPSA) is 74.7 Å². The second kappa shape index (κ2) is 6.25. The molecule has 1 aliphatic rings. The normalized spacial score (nSPS) is 14.9. The van der Waals surface area contributed by atoms with Crippen molar-refractivity contribution in [1.82, 2.24) is 0 Å². The summed E-state index contributed by atoms with van der Waals surface area (Å²) >= 11 is 1.63. The molecule has 23 heavy (non-hydrogen) atoms. The smallest absolute Gasteiger partial charge is 0.335 e. The maximum atomic E-state index is 13.0. The predicted molar refractivity (Wildman–Crippen MR) is 89.7 cm³/mol. The summed E-state index contributed by atoms with van der Waals surface area (Å²) in [5.41, 5.74) is 0.610. The first-order valence-electron chi connectivity index (χ1n) is 7.08. The fraction of sp³-hybridized carbons (Fsp3) is 0.188. The molecule has 5 nitrogen and oxygen atoms in total. The van der Waals surface area contributed by atoms with E-state index in [0.717, 1.165) is 17.1 Å². The zero-order valence-corrected chi connectivity index (χ0v) is 13.8. The maximum Gasteiger partial charge on any atom is 0.335 e. The molecule has 2 aromatic rings. The highest BCUT2D eigenvalue weighted by Crippen LogP contribution is 2.36. The highest BCUT2D eigenvalue weighted by molar-refractivity contribution is 7.99. The fourth-order valence-corrected chi connectivity index (χ4v) is 5.08. The van der Waals surface area contributed by atoms with E-state index < -0.39 is 16.0 Å². The number of anilines is 1. The Balaban J connectivity index is 2.09. The van der Waals surface area contributed by atoms with Gasteiger partial charge in [-0.3, -0.25) is 4.31 Å². The Morgan fingerprint density at radius 1 is 1.13 bits per heavy atom. The van der Waals surface area contributed by atoms with Gasteiger partial charge in [-0.15, -0.1) is 11.8 Å². The van der Waals surface area contributed by atoms with Gasteiger partial charge in [0.05, 0.1) is 16.1 Å². The molecule has 0 radical (unpaired) electrons. The van der Waals surface area contributed by atoms with Crippen molar-refractivity contribution in [2.75, 3.05) is 16.6 Å². The number of hydrogen-bond donors (Lipinski definition) is 1. The first-order chi connectivity index (χ1) is 11.0. The van der Waals surface area contributed by atoms with E-state index in [2.05, 4.69) is 0 Å². The Hall–Kier alpha value is -1.99. The standard InChI is InChI=1S/C16H15NO4S2/c18-16(19)12-5-3-6-13(11-12)23(20,21)17-9-4-10-22-15-8-2-1-7-14(15)17/h1-3,5-8,11H,4,9-10H2,(H,18,19). The molecule has 0 aromatic heterocycles. The van der Waals surface area contributed by atoms with Crippen LogP contribution in [0, 0.1) is 0 Å². The third-order valence-corrected chi connectivity index (χ3v) is 6.52. The Morgan fingerprint density at radius 2 is 1.91 bits per heavy atom. The second-order valence-corrected chi connectivity index (χ2v) is 8.08. The number of carbonyl (C=O) groups is 1. The number of carboxylic acids is 1. The largest absolute Gasteiger partial charge is 0.478 e. The number of sulfonamides is 1. The van der Waals surface area contributed by atoms with Crippen LogP contribution < -0.4 is 4.31 Å². The molecule has 7 heteroatoms. The minimum absolute atomic E-state index is 0.000830. The molecule has 1 aliphatic heterocycles. The van der Waals surface area contributed by atoms with Crippen molar-refractivity contribution >= 4 is 33.4 Å². The minimum Gasteiger partial charge on any atom is -0.478 e. The van der Waals surface area contributed by atoms with Crippen LogP contribution in [0.3, 0.4) is 0 Å². The first-order valence-corrected chi connectivity index (χ1v) is 9.50. The molecule has 0 aliphatic carbocycles. The number of fused-ring (bicyclic) bond motifs is 1. The van der Waals surface area contributed by atoms with E-state index in [4.69, 9.17) is 5.11 Å². The number of benzene rings is 2. The Morgan fingerprint density at radius 3 is 2.70 bits per heavy atom. The monoisotopic (exact) mass is 349 g/mol. The van der Waals surface area contributed by atoms with E-state index in [-0.39, 0.29) is 10.5 Å². The summed E-state index contributed by atoms with van der Waals surface area (Å²) in [4.78, 5) is 12.0. The zero-order chi connectivity index (χ0) is 16.4. The van der Waals surface area contributed by atoms with Crippen LogP contribution in [0.15, 0.2) is 58.3 Å². The summed E-state index contributed by atoms with van der Waals surface area (Å²) in [6.07, 6.45) is 0.733. The van der Waals surface area contributed by atoms with Crippen molar-refractivity contribution in [3.05, 3.63) is 54.1 Å². The van der Waals surface area contributed by atoms with Gasteiger partial charge >= 0.3 is 5.97 Å². The second-order valence-electron chi connectivity index (χ2n) is 5.08. The molecule has 0 bridgehead atoms. The van der Waals surface area contributed by atoms with Gasteiger partial charge in [-0.2, -0.15) is 0 Å². The zero-order valence-electron chi connectivity index (χ0n) is 12.2. The molecule has 0 fully saturated rings. The van der Waals surface area contributed by atoms with Gasteiger partial charge in [-0.25, -0.2) is 13.2 Å². The molecule has 0 amide bonds. The molecular weight excluding hydrogens is 334 g/mol. The molecule has 0 spiro atoms. The van der Waals surface area contributed by atoms with Crippen LogP contribution in [0.5, 0.6) is 0 Å². The van der Waals surface area contributed by atoms with Crippen LogP contribution in [0.1, 0.15) is 16.8 Å². The maximum absolute atomic E-state index is 13.0. The van der Waals surface area contributed by atoms with Crippen LogP contribution in [0.25, 0.3) is 0 Å². The van der Waals surface area contributed by atoms with E-state index in [1.165, 1.54) is 28.6 Å². The Kier molecular flexibility index (Phi) is 4.32. The predicted octanol–water partition coefficient (Wildman–Crippen LogP) is 3.08. The van der Waals surface area contributed by atoms with Crippen LogP contribution in [0.4, 0.5) is 5.69 Å². The molecule has 1 N–H and O–H groups in total. The van der Waals surface area contributed by atoms with Gasteiger partial charge in [-0.05, 0) is 42.5 Å². The van der Waals surface area contributed by atoms with E-state index in [9.17, 15) is 13.2 Å². The van der Waals surface area contributed by atoms with E-state index in [1.807, 2.05) is 12.1 Å². The van der Waals surface area contributed by atoms with Gasteiger partial charge in [-0.1, -0.05) is 18.2 Å². The molecule has 0 saturated carbocycles. The third kappa shape index (κ3) is 3.07. The van der Waals surface area contributed by atoms with Crippen molar-refractivity contribution in [3.63, 3.8) is 0 Å². The van der Waals surface area contributed by atoms with E-state index in [1.54, 1.807) is 23.9 Å². The van der Waals surface area contributed by atoms with Gasteiger partial charge in [0.25, 0.3) is 10.0 Å².